The second kappa shape index (κ2) is 11.8. The van der Waals surface area contributed by atoms with Crippen LogP contribution in [0, 0.1) is 0 Å². The summed E-state index contributed by atoms with van der Waals surface area (Å²) in [5.41, 5.74) is 1.06. The van der Waals surface area contributed by atoms with Gasteiger partial charge in [-0.15, -0.1) is 24.0 Å². The molecule has 0 aliphatic carbocycles. The van der Waals surface area contributed by atoms with Crippen molar-refractivity contribution in [3.05, 3.63) is 17.7 Å². The van der Waals surface area contributed by atoms with Gasteiger partial charge in [0.25, 0.3) is 0 Å². The van der Waals surface area contributed by atoms with E-state index in [9.17, 15) is 0 Å². The molecule has 1 aliphatic heterocycles. The van der Waals surface area contributed by atoms with E-state index in [1.807, 2.05) is 23.9 Å². The molecule has 1 aromatic rings. The number of methoxy groups -OCH3 is 3. The quantitative estimate of drug-likeness (QED) is 0.335. The van der Waals surface area contributed by atoms with E-state index in [1.165, 1.54) is 0 Å². The summed E-state index contributed by atoms with van der Waals surface area (Å²) in [5, 5.41) is 3.44. The van der Waals surface area contributed by atoms with Gasteiger partial charge in [0.1, 0.15) is 0 Å². The maximum absolute atomic E-state index is 5.58. The summed E-state index contributed by atoms with van der Waals surface area (Å²) < 4.78 is 16.7. The third-order valence-corrected chi connectivity index (χ3v) is 5.79. The highest BCUT2D eigenvalue weighted by atomic mass is 127. The van der Waals surface area contributed by atoms with Crippen LogP contribution in [-0.4, -0.2) is 68.9 Å². The maximum atomic E-state index is 5.58. The van der Waals surface area contributed by atoms with Gasteiger partial charge < -0.3 is 24.4 Å². The second-order valence-corrected chi connectivity index (χ2v) is 8.81. The largest absolute Gasteiger partial charge is 0.493 e. The van der Waals surface area contributed by atoms with E-state index in [-0.39, 0.29) is 28.7 Å². The summed E-state index contributed by atoms with van der Waals surface area (Å²) in [6.07, 6.45) is 0.768. The van der Waals surface area contributed by atoms with Crippen molar-refractivity contribution in [2.24, 2.45) is 4.99 Å². The normalized spacial score (nSPS) is 16.2. The number of rotatable bonds is 7. The molecule has 2 rings (SSSR count). The molecule has 1 fully saturated rings. The van der Waals surface area contributed by atoms with Crippen molar-refractivity contribution in [3.63, 3.8) is 0 Å². The van der Waals surface area contributed by atoms with Crippen molar-refractivity contribution in [1.82, 2.24) is 10.2 Å². The van der Waals surface area contributed by atoms with Gasteiger partial charge in [0.05, 0.1) is 21.3 Å². The van der Waals surface area contributed by atoms with Gasteiger partial charge >= 0.3 is 0 Å². The van der Waals surface area contributed by atoms with Crippen molar-refractivity contribution in [1.29, 1.82) is 0 Å². The lowest BCUT2D eigenvalue weighted by Crippen LogP contribution is -2.51. The van der Waals surface area contributed by atoms with Crippen LogP contribution < -0.4 is 19.5 Å². The second-order valence-electron chi connectivity index (χ2n) is 7.01. The zero-order valence-corrected chi connectivity index (χ0v) is 21.0. The van der Waals surface area contributed by atoms with Crippen molar-refractivity contribution in [3.8, 4) is 17.2 Å². The number of thioether (sulfide) groups is 1. The molecular weight excluding hydrogens is 489 g/mol. The molecule has 0 saturated carbocycles. The van der Waals surface area contributed by atoms with Crippen LogP contribution in [0.5, 0.6) is 17.2 Å². The molecule has 1 heterocycles. The molecule has 8 heteroatoms. The Morgan fingerprint density at radius 2 is 1.89 bits per heavy atom. The zero-order valence-electron chi connectivity index (χ0n) is 17.8. The molecule has 0 atom stereocenters. The number of hydrogen-bond acceptors (Lipinski definition) is 5. The summed E-state index contributed by atoms with van der Waals surface area (Å²) in [4.78, 5) is 7.23. The minimum absolute atomic E-state index is 0. The summed E-state index contributed by atoms with van der Waals surface area (Å²) >= 11 is 2.03. The van der Waals surface area contributed by atoms with Crippen LogP contribution in [0.4, 0.5) is 0 Å². The van der Waals surface area contributed by atoms with Crippen LogP contribution >= 0.6 is 35.7 Å². The summed E-state index contributed by atoms with van der Waals surface area (Å²) in [6.45, 7) is 10.3. The molecule has 28 heavy (non-hydrogen) atoms. The van der Waals surface area contributed by atoms with E-state index in [1.54, 1.807) is 21.3 Å². The van der Waals surface area contributed by atoms with E-state index in [4.69, 9.17) is 19.2 Å². The molecule has 0 bridgehead atoms. The lowest BCUT2D eigenvalue weighted by molar-refractivity contribution is 0.322. The van der Waals surface area contributed by atoms with Gasteiger partial charge in [-0.05, 0) is 33.3 Å². The first kappa shape index (κ1) is 25.0. The van der Waals surface area contributed by atoms with Crippen LogP contribution in [0.2, 0.25) is 0 Å². The van der Waals surface area contributed by atoms with Gasteiger partial charge in [-0.25, -0.2) is 0 Å². The molecule has 1 saturated heterocycles. The van der Waals surface area contributed by atoms with Crippen LogP contribution in [0.3, 0.4) is 0 Å². The summed E-state index contributed by atoms with van der Waals surface area (Å²) in [7, 11) is 4.91. The molecule has 1 aliphatic rings. The van der Waals surface area contributed by atoms with Gasteiger partial charge in [0.15, 0.2) is 17.5 Å². The number of hydrogen-bond donors (Lipinski definition) is 1. The summed E-state index contributed by atoms with van der Waals surface area (Å²) in [6, 6.07) is 3.93. The number of guanidine groups is 1. The van der Waals surface area contributed by atoms with Crippen molar-refractivity contribution in [2.75, 3.05) is 53.3 Å². The van der Waals surface area contributed by atoms with Crippen molar-refractivity contribution >= 4 is 41.7 Å². The van der Waals surface area contributed by atoms with Gasteiger partial charge in [-0.1, -0.05) is 6.07 Å². The first-order valence-corrected chi connectivity index (χ1v) is 10.4. The Morgan fingerprint density at radius 1 is 1.18 bits per heavy atom. The lowest BCUT2D eigenvalue weighted by atomic mass is 10.1. The zero-order chi connectivity index (χ0) is 19.9. The Balaban J connectivity index is 0.00000392. The predicted molar refractivity (Wildman–Crippen MR) is 129 cm³/mol. The predicted octanol–water partition coefficient (Wildman–Crippen LogP) is 3.67. The van der Waals surface area contributed by atoms with Crippen molar-refractivity contribution < 1.29 is 14.2 Å². The molecule has 0 unspecified atom stereocenters. The third-order valence-electron chi connectivity index (χ3n) is 4.49. The molecule has 160 valence electrons. The van der Waals surface area contributed by atoms with Crippen LogP contribution in [0.1, 0.15) is 26.3 Å². The maximum Gasteiger partial charge on any atom is 0.203 e. The highest BCUT2D eigenvalue weighted by Crippen LogP contribution is 2.39. The molecule has 1 aromatic carbocycles. The monoisotopic (exact) mass is 523 g/mol. The van der Waals surface area contributed by atoms with Gasteiger partial charge in [-0.2, -0.15) is 11.8 Å². The number of nitrogens with one attached hydrogen (secondary N) is 1. The Kier molecular flexibility index (Phi) is 10.6. The number of nitrogens with zero attached hydrogens (tertiary/aromatic N) is 2. The number of ether oxygens (including phenoxy) is 3. The topological polar surface area (TPSA) is 55.3 Å². The SMILES string of the molecule is CCNC(=NCCc1ccc(OC)c(OC)c1OC)N1CCSC(C)(C)C1.I. The third kappa shape index (κ3) is 6.50. The Bertz CT molecular complexity index is 656. The fourth-order valence-electron chi connectivity index (χ4n) is 3.27. The molecule has 0 aromatic heterocycles. The standard InChI is InChI=1S/C20H33N3O3S.HI/c1-7-21-19(23-12-13-27-20(2,3)14-23)22-11-10-15-8-9-16(24-4)18(26-6)17(15)25-5;/h8-9H,7,10-14H2,1-6H3,(H,21,22);1H. The first-order chi connectivity index (χ1) is 13.0. The highest BCUT2D eigenvalue weighted by Gasteiger charge is 2.28. The minimum Gasteiger partial charge on any atom is -0.493 e. The van der Waals surface area contributed by atoms with E-state index in [2.05, 4.69) is 31.0 Å². The van der Waals surface area contributed by atoms with Crippen LogP contribution in [0.25, 0.3) is 0 Å². The van der Waals surface area contributed by atoms with E-state index >= 15 is 0 Å². The average molecular weight is 523 g/mol. The minimum atomic E-state index is 0. The number of aliphatic imine (C=N–C) groups is 1. The average Bonchev–Trinajstić information content (AvgIpc) is 2.65. The van der Waals surface area contributed by atoms with E-state index in [0.717, 1.165) is 43.3 Å². The molecular formula is C20H34IN3O3S. The van der Waals surface area contributed by atoms with Crippen molar-refractivity contribution in [2.45, 2.75) is 31.9 Å². The number of benzene rings is 1. The molecule has 1 N–H and O–H groups in total. The van der Waals surface area contributed by atoms with Gasteiger partial charge in [0.2, 0.25) is 5.75 Å². The fourth-order valence-corrected chi connectivity index (χ4v) is 4.38. The smallest absolute Gasteiger partial charge is 0.203 e. The highest BCUT2D eigenvalue weighted by molar-refractivity contribution is 14.0. The van der Waals surface area contributed by atoms with Gasteiger partial charge in [0, 0.05) is 42.2 Å². The number of halogens is 1. The molecule has 0 radical (unpaired) electrons. The molecule has 0 spiro atoms. The fraction of sp³-hybridized carbons (Fsp3) is 0.650. The van der Waals surface area contributed by atoms with E-state index < -0.39 is 0 Å². The molecule has 6 nitrogen and oxygen atoms in total. The Labute approximate surface area is 190 Å². The van der Waals surface area contributed by atoms with Gasteiger partial charge in [-0.3, -0.25) is 4.99 Å². The van der Waals surface area contributed by atoms with E-state index in [0.29, 0.717) is 23.8 Å². The van der Waals surface area contributed by atoms with Crippen LogP contribution in [0.15, 0.2) is 17.1 Å². The molecule has 0 amide bonds. The first-order valence-electron chi connectivity index (χ1n) is 9.40. The lowest BCUT2D eigenvalue weighted by Gasteiger charge is -2.39. The Morgan fingerprint density at radius 3 is 2.46 bits per heavy atom. The van der Waals surface area contributed by atoms with Crippen LogP contribution in [-0.2, 0) is 6.42 Å². The summed E-state index contributed by atoms with van der Waals surface area (Å²) in [5.74, 6) is 4.13. The Hall–Kier alpha value is -1.03.